The van der Waals surface area contributed by atoms with Gasteiger partial charge in [0.05, 0.1) is 24.9 Å². The Morgan fingerprint density at radius 2 is 1.69 bits per heavy atom. The molecule has 0 radical (unpaired) electrons. The van der Waals surface area contributed by atoms with E-state index in [1.165, 1.54) is 6.07 Å². The molecular weight excluding hydrogens is 437 g/mol. The van der Waals surface area contributed by atoms with E-state index in [4.69, 9.17) is 20.6 Å². The Bertz CT molecular complexity index is 997. The van der Waals surface area contributed by atoms with Crippen molar-refractivity contribution < 1.29 is 31.2 Å². The van der Waals surface area contributed by atoms with Gasteiger partial charge in [-0.05, 0) is 43.7 Å². The number of hydrogen-bond acceptors (Lipinski definition) is 4. The molecule has 0 fully saturated rings. The molecule has 1 aromatic heterocycles. The van der Waals surface area contributed by atoms with Crippen LogP contribution in [0.15, 0.2) is 29.1 Å². The van der Waals surface area contributed by atoms with E-state index >= 15 is 0 Å². The van der Waals surface area contributed by atoms with Gasteiger partial charge in [-0.3, -0.25) is 9.36 Å². The largest absolute Gasteiger partial charge is 0.431 e. The Hall–Kier alpha value is -1.67. The smallest absolute Gasteiger partial charge is 0.309 e. The van der Waals surface area contributed by atoms with E-state index in [-0.39, 0.29) is 41.1 Å². The molecule has 0 unspecified atom stereocenters. The van der Waals surface area contributed by atoms with Crippen LogP contribution in [0.25, 0.3) is 11.1 Å². The maximum absolute atomic E-state index is 14.5. The van der Waals surface area contributed by atoms with Gasteiger partial charge < -0.3 is 13.6 Å². The molecule has 0 bridgehead atoms. The highest BCUT2D eigenvalue weighted by molar-refractivity contribution is 7.53. The average molecular weight is 456 g/mol. The summed E-state index contributed by atoms with van der Waals surface area (Å²) in [6.45, 7) is 3.44. The van der Waals surface area contributed by atoms with Gasteiger partial charge in [-0.15, -0.1) is 0 Å². The van der Waals surface area contributed by atoms with E-state index in [1.807, 2.05) is 0 Å². The number of nitrogens with zero attached hydrogens (tertiary/aromatic N) is 1. The van der Waals surface area contributed by atoms with E-state index in [9.17, 15) is 26.9 Å². The van der Waals surface area contributed by atoms with E-state index in [0.717, 1.165) is 19.2 Å². The Morgan fingerprint density at radius 1 is 1.10 bits per heavy atom. The molecular formula is C18H19ClF4NO4P. The fourth-order valence-corrected chi connectivity index (χ4v) is 4.81. The summed E-state index contributed by atoms with van der Waals surface area (Å²) in [4.78, 5) is 12.4. The summed E-state index contributed by atoms with van der Waals surface area (Å²) in [5.74, 6) is -0.904. The molecule has 0 aliphatic rings. The van der Waals surface area contributed by atoms with Crippen LogP contribution in [-0.2, 0) is 33.0 Å². The molecule has 0 spiro atoms. The molecule has 0 saturated carbocycles. The van der Waals surface area contributed by atoms with Crippen LogP contribution in [0.4, 0.5) is 17.6 Å². The van der Waals surface area contributed by atoms with Crippen LogP contribution in [0.1, 0.15) is 25.1 Å². The van der Waals surface area contributed by atoms with Crippen LogP contribution in [0.3, 0.4) is 0 Å². The van der Waals surface area contributed by atoms with Crippen molar-refractivity contribution in [2.45, 2.75) is 26.2 Å². The Balaban J connectivity index is 2.59. The topological polar surface area (TPSA) is 57.5 Å². The van der Waals surface area contributed by atoms with Crippen LogP contribution in [-0.4, -0.2) is 17.8 Å². The van der Waals surface area contributed by atoms with E-state index in [0.29, 0.717) is 10.6 Å². The Kier molecular flexibility index (Phi) is 7.32. The van der Waals surface area contributed by atoms with E-state index in [1.54, 1.807) is 13.8 Å². The number of benzene rings is 1. The number of aromatic nitrogens is 1. The first kappa shape index (κ1) is 23.6. The van der Waals surface area contributed by atoms with Gasteiger partial charge in [0.1, 0.15) is 11.5 Å². The summed E-state index contributed by atoms with van der Waals surface area (Å²) in [6.07, 6.45) is -5.03. The highest BCUT2D eigenvalue weighted by Crippen LogP contribution is 2.52. The van der Waals surface area contributed by atoms with Gasteiger partial charge in [0.2, 0.25) is 0 Å². The van der Waals surface area contributed by atoms with Crippen molar-refractivity contribution in [2.75, 3.05) is 13.2 Å². The molecule has 0 aliphatic heterocycles. The summed E-state index contributed by atoms with van der Waals surface area (Å²) in [5.41, 5.74) is -2.59. The fourth-order valence-electron chi connectivity index (χ4n) is 2.78. The quantitative estimate of drug-likeness (QED) is 0.401. The third kappa shape index (κ3) is 5.28. The highest BCUT2D eigenvalue weighted by atomic mass is 35.5. The summed E-state index contributed by atoms with van der Waals surface area (Å²) in [5, 5.41) is -0.0744. The summed E-state index contributed by atoms with van der Waals surface area (Å²) >= 11 is 6.05. The maximum Gasteiger partial charge on any atom is 0.431 e. The normalized spacial score (nSPS) is 12.4. The van der Waals surface area contributed by atoms with Gasteiger partial charge in [0.25, 0.3) is 5.56 Å². The molecule has 29 heavy (non-hydrogen) atoms. The summed E-state index contributed by atoms with van der Waals surface area (Å²) < 4.78 is 77.0. The summed E-state index contributed by atoms with van der Waals surface area (Å²) in [6, 6.07) is 3.67. The predicted molar refractivity (Wildman–Crippen MR) is 102 cm³/mol. The molecule has 0 aliphatic carbocycles. The van der Waals surface area contributed by atoms with Crippen molar-refractivity contribution in [2.24, 2.45) is 7.05 Å². The van der Waals surface area contributed by atoms with Crippen molar-refractivity contribution in [1.29, 1.82) is 0 Å². The molecule has 2 aromatic rings. The van der Waals surface area contributed by atoms with Crippen molar-refractivity contribution in [3.05, 3.63) is 56.7 Å². The van der Waals surface area contributed by atoms with E-state index < -0.39 is 30.8 Å². The SMILES string of the molecule is CCOP(=O)(Cc1cc(-c2ccc(C(F)(F)F)n(C)c2=O)c(F)cc1Cl)OCC. The molecule has 1 aromatic carbocycles. The zero-order valence-electron chi connectivity index (χ0n) is 15.8. The first-order valence-electron chi connectivity index (χ1n) is 8.57. The van der Waals surface area contributed by atoms with Gasteiger partial charge in [0.15, 0.2) is 0 Å². The molecule has 0 atom stereocenters. The zero-order valence-corrected chi connectivity index (χ0v) is 17.5. The monoisotopic (exact) mass is 455 g/mol. The second-order valence-electron chi connectivity index (χ2n) is 6.02. The van der Waals surface area contributed by atoms with Gasteiger partial charge in [-0.1, -0.05) is 11.6 Å². The van der Waals surface area contributed by atoms with Crippen molar-refractivity contribution in [1.82, 2.24) is 4.57 Å². The van der Waals surface area contributed by atoms with Crippen LogP contribution in [0, 0.1) is 5.82 Å². The van der Waals surface area contributed by atoms with Gasteiger partial charge in [-0.25, -0.2) is 4.39 Å². The van der Waals surface area contributed by atoms with Crippen LogP contribution in [0.5, 0.6) is 0 Å². The second-order valence-corrected chi connectivity index (χ2v) is 8.48. The number of hydrogen-bond donors (Lipinski definition) is 0. The van der Waals surface area contributed by atoms with Crippen molar-refractivity contribution in [3.63, 3.8) is 0 Å². The van der Waals surface area contributed by atoms with Gasteiger partial charge >= 0.3 is 13.8 Å². The highest BCUT2D eigenvalue weighted by Gasteiger charge is 2.34. The van der Waals surface area contributed by atoms with Crippen LogP contribution in [0.2, 0.25) is 5.02 Å². The first-order valence-corrected chi connectivity index (χ1v) is 10.7. The molecule has 0 N–H and O–H groups in total. The number of rotatable bonds is 7. The number of halogens is 5. The number of pyridine rings is 1. The minimum Gasteiger partial charge on any atom is -0.309 e. The molecule has 11 heteroatoms. The summed E-state index contributed by atoms with van der Waals surface area (Å²) in [7, 11) is -2.64. The molecule has 2 rings (SSSR count). The lowest BCUT2D eigenvalue weighted by molar-refractivity contribution is -0.143. The maximum atomic E-state index is 14.5. The fraction of sp³-hybridized carbons (Fsp3) is 0.389. The van der Waals surface area contributed by atoms with Crippen molar-refractivity contribution in [3.8, 4) is 11.1 Å². The van der Waals surface area contributed by atoms with Crippen LogP contribution >= 0.6 is 19.2 Å². The molecule has 0 amide bonds. The molecule has 1 heterocycles. The number of alkyl halides is 3. The Morgan fingerprint density at radius 3 is 2.21 bits per heavy atom. The lowest BCUT2D eigenvalue weighted by Gasteiger charge is -2.18. The zero-order chi connectivity index (χ0) is 22.0. The Labute approximate surface area is 169 Å². The third-order valence-electron chi connectivity index (χ3n) is 4.04. The average Bonchev–Trinajstić information content (AvgIpc) is 2.59. The van der Waals surface area contributed by atoms with Gasteiger partial charge in [-0.2, -0.15) is 13.2 Å². The lowest BCUT2D eigenvalue weighted by atomic mass is 10.0. The standard InChI is InChI=1S/C18H19ClF4NO4P/c1-4-27-29(26,28-5-2)10-11-8-13(15(20)9-14(11)19)12-6-7-16(18(21,22)23)24(3)17(12)25/h6-9H,4-5,10H2,1-3H3. The predicted octanol–water partition coefficient (Wildman–Crippen LogP) is 5.63. The minimum absolute atomic E-state index is 0.0744. The first-order chi connectivity index (χ1) is 13.4. The lowest BCUT2D eigenvalue weighted by Crippen LogP contribution is -2.26. The third-order valence-corrected chi connectivity index (χ3v) is 6.42. The minimum atomic E-state index is -4.74. The molecule has 0 saturated heterocycles. The van der Waals surface area contributed by atoms with Gasteiger partial charge in [0, 0.05) is 17.6 Å². The molecule has 160 valence electrons. The van der Waals surface area contributed by atoms with Crippen LogP contribution < -0.4 is 5.56 Å². The van der Waals surface area contributed by atoms with E-state index in [2.05, 4.69) is 0 Å². The second kappa shape index (κ2) is 9.00. The van der Waals surface area contributed by atoms with Crippen molar-refractivity contribution >= 4 is 19.2 Å². The molecule has 5 nitrogen and oxygen atoms in total.